The molecule has 0 radical (unpaired) electrons. The van der Waals surface area contributed by atoms with Gasteiger partial charge in [-0.3, -0.25) is 0 Å². The van der Waals surface area contributed by atoms with Gasteiger partial charge in [-0.1, -0.05) is 6.58 Å². The maximum atomic E-state index is 11.0. The summed E-state index contributed by atoms with van der Waals surface area (Å²) in [4.78, 5) is 11.0. The Labute approximate surface area is 91.2 Å². The summed E-state index contributed by atoms with van der Waals surface area (Å²) in [6, 6.07) is 0. The summed E-state index contributed by atoms with van der Waals surface area (Å²) >= 11 is 0. The van der Waals surface area contributed by atoms with Gasteiger partial charge in [-0.05, 0) is 0 Å². The molecule has 0 saturated carbocycles. The highest BCUT2D eigenvalue weighted by Crippen LogP contribution is 1.95. The fourth-order valence-corrected chi connectivity index (χ4v) is 0.579. The van der Waals surface area contributed by atoms with Gasteiger partial charge in [0.2, 0.25) is 0 Å². The molecule has 1 N–H and O–H groups in total. The molecule has 0 unspecified atom stereocenters. The van der Waals surface area contributed by atoms with Crippen LogP contribution < -0.4 is 12.4 Å². The van der Waals surface area contributed by atoms with Crippen LogP contribution in [0, 0.1) is 0 Å². The van der Waals surface area contributed by atoms with Gasteiger partial charge in [0.15, 0.2) is 0 Å². The summed E-state index contributed by atoms with van der Waals surface area (Å²) < 4.78 is 5.59. The highest BCUT2D eigenvalue weighted by Gasteiger charge is 2.10. The highest BCUT2D eigenvalue weighted by molar-refractivity contribution is 5.87. The second-order valence-corrected chi connectivity index (χ2v) is 3.91. The molecule has 0 fully saturated rings. The van der Waals surface area contributed by atoms with E-state index >= 15 is 0 Å². The number of hydrogen-bond acceptors (Lipinski definition) is 3. The third-order valence-electron chi connectivity index (χ3n) is 1.47. The van der Waals surface area contributed by atoms with E-state index in [1.807, 2.05) is 21.1 Å². The molecule has 0 aliphatic heterocycles. The van der Waals surface area contributed by atoms with Crippen LogP contribution in [0.4, 0.5) is 0 Å². The molecule has 4 nitrogen and oxygen atoms in total. The molecule has 0 aliphatic carbocycles. The van der Waals surface area contributed by atoms with Gasteiger partial charge in [0.1, 0.15) is 13.2 Å². The summed E-state index contributed by atoms with van der Waals surface area (Å²) in [6.07, 6.45) is 0. The topological polar surface area (TPSA) is 46.5 Å². The smallest absolute Gasteiger partial charge is 0.335 e. The van der Waals surface area contributed by atoms with Gasteiger partial charge in [0.05, 0.1) is 33.3 Å². The predicted molar refractivity (Wildman–Crippen MR) is 50.1 cm³/mol. The van der Waals surface area contributed by atoms with Gasteiger partial charge in [0, 0.05) is 0 Å². The molecule has 0 aromatic heterocycles. The molecule has 0 amide bonds. The van der Waals surface area contributed by atoms with Crippen LogP contribution in [0.25, 0.3) is 0 Å². The van der Waals surface area contributed by atoms with Crippen LogP contribution in [0.3, 0.4) is 0 Å². The first-order valence-corrected chi connectivity index (χ1v) is 4.13. The second-order valence-electron chi connectivity index (χ2n) is 3.91. The Morgan fingerprint density at radius 3 is 2.29 bits per heavy atom. The Hall–Kier alpha value is -0.580. The molecular weight excluding hydrogens is 206 g/mol. The molecule has 0 heterocycles. The van der Waals surface area contributed by atoms with Crippen LogP contribution in [0.15, 0.2) is 12.2 Å². The molecule has 0 atom stereocenters. The predicted octanol–water partition coefficient (Wildman–Crippen LogP) is -3.21. The van der Waals surface area contributed by atoms with E-state index in [1.54, 1.807) is 0 Å². The first-order valence-electron chi connectivity index (χ1n) is 4.13. The van der Waals surface area contributed by atoms with E-state index in [-0.39, 0.29) is 24.6 Å². The van der Waals surface area contributed by atoms with Gasteiger partial charge in [0.25, 0.3) is 0 Å². The number of quaternary nitrogens is 1. The molecule has 84 valence electrons. The van der Waals surface area contributed by atoms with E-state index in [1.165, 1.54) is 0 Å². The van der Waals surface area contributed by atoms with Crippen molar-refractivity contribution in [1.82, 2.24) is 0 Å². The molecule has 5 heteroatoms. The molecule has 0 aliphatic rings. The Morgan fingerprint density at radius 2 is 1.93 bits per heavy atom. The molecule has 0 aromatic carbocycles. The molecule has 14 heavy (non-hydrogen) atoms. The number of carbonyl (C=O) groups excluding carboxylic acids is 1. The SMILES string of the molecule is C=C(CO)C(=O)OCC[N+](C)(C)C.[Cl-]. The highest BCUT2D eigenvalue weighted by atomic mass is 35.5. The quantitative estimate of drug-likeness (QED) is 0.303. The zero-order valence-electron chi connectivity index (χ0n) is 8.92. The Kier molecular flexibility index (Phi) is 7.72. The Balaban J connectivity index is 0. The largest absolute Gasteiger partial charge is 1.00 e. The summed E-state index contributed by atoms with van der Waals surface area (Å²) in [5.74, 6) is -0.518. The number of esters is 1. The lowest BCUT2D eigenvalue weighted by Gasteiger charge is -2.23. The minimum atomic E-state index is -0.518. The van der Waals surface area contributed by atoms with Crippen molar-refractivity contribution >= 4 is 5.97 Å². The van der Waals surface area contributed by atoms with Crippen molar-refractivity contribution in [2.24, 2.45) is 0 Å². The number of halogens is 1. The zero-order chi connectivity index (χ0) is 10.5. The normalized spacial score (nSPS) is 10.3. The number of hydrogen-bond donors (Lipinski definition) is 1. The lowest BCUT2D eigenvalue weighted by atomic mass is 10.3. The molecule has 0 spiro atoms. The minimum absolute atomic E-state index is 0. The third kappa shape index (κ3) is 8.04. The molecule has 0 saturated heterocycles. The summed E-state index contributed by atoms with van der Waals surface area (Å²) in [6.45, 7) is 4.10. The lowest BCUT2D eigenvalue weighted by molar-refractivity contribution is -0.870. The van der Waals surface area contributed by atoms with E-state index in [0.29, 0.717) is 6.61 Å². The van der Waals surface area contributed by atoms with E-state index in [0.717, 1.165) is 11.0 Å². The number of ether oxygens (including phenoxy) is 1. The monoisotopic (exact) mass is 223 g/mol. The van der Waals surface area contributed by atoms with Crippen molar-refractivity contribution in [3.63, 3.8) is 0 Å². The first-order chi connectivity index (χ1) is 5.87. The van der Waals surface area contributed by atoms with E-state index in [4.69, 9.17) is 9.84 Å². The van der Waals surface area contributed by atoms with Gasteiger partial charge in [-0.25, -0.2) is 4.79 Å². The third-order valence-corrected chi connectivity index (χ3v) is 1.47. The number of rotatable bonds is 5. The Bertz CT molecular complexity index is 199. The molecular formula is C9H18ClNO3. The van der Waals surface area contributed by atoms with Crippen LogP contribution in [0.2, 0.25) is 0 Å². The van der Waals surface area contributed by atoms with E-state index in [9.17, 15) is 4.79 Å². The molecule has 0 aromatic rings. The van der Waals surface area contributed by atoms with E-state index in [2.05, 4.69) is 6.58 Å². The number of likely N-dealkylation sites (N-methyl/N-ethyl adjacent to an activating group) is 1. The van der Waals surface area contributed by atoms with Gasteiger partial charge in [-0.2, -0.15) is 0 Å². The second kappa shape index (κ2) is 6.81. The molecule has 0 rings (SSSR count). The standard InChI is InChI=1S/C9H18NO3.ClH/c1-8(7-11)9(12)13-6-5-10(2,3)4;/h11H,1,5-7H2,2-4H3;1H/q+1;/p-1. The van der Waals surface area contributed by atoms with Crippen LogP contribution in [0.1, 0.15) is 0 Å². The lowest BCUT2D eigenvalue weighted by Crippen LogP contribution is -3.00. The van der Waals surface area contributed by atoms with Gasteiger partial charge in [-0.15, -0.1) is 0 Å². The van der Waals surface area contributed by atoms with Crippen LogP contribution in [-0.2, 0) is 9.53 Å². The van der Waals surface area contributed by atoms with Gasteiger partial charge < -0.3 is 26.7 Å². The Morgan fingerprint density at radius 1 is 1.43 bits per heavy atom. The zero-order valence-corrected chi connectivity index (χ0v) is 9.67. The average molecular weight is 224 g/mol. The number of carbonyl (C=O) groups is 1. The first kappa shape index (κ1) is 15.9. The number of aliphatic hydroxyl groups is 1. The molecule has 0 bridgehead atoms. The maximum absolute atomic E-state index is 11.0. The minimum Gasteiger partial charge on any atom is -1.00 e. The van der Waals surface area contributed by atoms with Crippen LogP contribution >= 0.6 is 0 Å². The number of nitrogens with zero attached hydrogens (tertiary/aromatic N) is 1. The van der Waals surface area contributed by atoms with Crippen molar-refractivity contribution in [2.45, 2.75) is 0 Å². The van der Waals surface area contributed by atoms with Crippen molar-refractivity contribution in [3.8, 4) is 0 Å². The maximum Gasteiger partial charge on any atom is 0.335 e. The summed E-state index contributed by atoms with van der Waals surface area (Å²) in [5, 5.41) is 8.56. The van der Waals surface area contributed by atoms with Crippen molar-refractivity contribution in [3.05, 3.63) is 12.2 Å². The fourth-order valence-electron chi connectivity index (χ4n) is 0.579. The van der Waals surface area contributed by atoms with Gasteiger partial charge >= 0.3 is 5.97 Å². The van der Waals surface area contributed by atoms with Crippen molar-refractivity contribution < 1.29 is 31.5 Å². The average Bonchev–Trinajstić information content (AvgIpc) is 2.00. The summed E-state index contributed by atoms with van der Waals surface area (Å²) in [5.41, 5.74) is 0.0985. The van der Waals surface area contributed by atoms with Crippen LogP contribution in [-0.4, -0.2) is 56.5 Å². The fraction of sp³-hybridized carbons (Fsp3) is 0.667. The van der Waals surface area contributed by atoms with E-state index < -0.39 is 5.97 Å². The number of aliphatic hydroxyl groups excluding tert-OH is 1. The van der Waals surface area contributed by atoms with Crippen LogP contribution in [0.5, 0.6) is 0 Å². The van der Waals surface area contributed by atoms with Crippen molar-refractivity contribution in [1.29, 1.82) is 0 Å². The summed E-state index contributed by atoms with van der Waals surface area (Å²) in [7, 11) is 6.03. The van der Waals surface area contributed by atoms with Crippen molar-refractivity contribution in [2.75, 3.05) is 40.9 Å².